The van der Waals surface area contributed by atoms with Gasteiger partial charge in [0.25, 0.3) is 11.8 Å². The molecular weight excluding hydrogens is 468 g/mol. The van der Waals surface area contributed by atoms with E-state index in [1.807, 2.05) is 14.1 Å². The highest BCUT2D eigenvalue weighted by Crippen LogP contribution is 2.36. The number of sulfonamides is 1. The molecule has 1 heterocycles. The van der Waals surface area contributed by atoms with E-state index in [9.17, 15) is 18.0 Å². The molecule has 0 aromatic heterocycles. The molecule has 0 spiro atoms. The maximum absolute atomic E-state index is 12.8. The monoisotopic (exact) mass is 502 g/mol. The molecule has 9 nitrogen and oxygen atoms in total. The molecule has 2 amide bonds. The van der Waals surface area contributed by atoms with E-state index < -0.39 is 16.1 Å². The number of fused-ring (bicyclic) bond motifs is 1. The lowest BCUT2D eigenvalue weighted by Crippen LogP contribution is -2.45. The van der Waals surface area contributed by atoms with Crippen LogP contribution in [0.4, 0.5) is 11.4 Å². The second kappa shape index (κ2) is 11.2. The molecule has 2 aromatic rings. The highest BCUT2D eigenvalue weighted by Gasteiger charge is 2.31. The average Bonchev–Trinajstić information content (AvgIpc) is 2.82. The van der Waals surface area contributed by atoms with Gasteiger partial charge in [0.1, 0.15) is 5.75 Å². The van der Waals surface area contributed by atoms with Crippen molar-refractivity contribution in [3.05, 3.63) is 48.0 Å². The molecule has 3 rings (SSSR count). The Bertz CT molecular complexity index is 1160. The van der Waals surface area contributed by atoms with E-state index in [0.717, 1.165) is 13.0 Å². The molecular formula is C25H34N4O5S. The van der Waals surface area contributed by atoms with E-state index in [1.165, 1.54) is 28.6 Å². The van der Waals surface area contributed by atoms with Crippen LogP contribution in [-0.2, 0) is 14.8 Å². The van der Waals surface area contributed by atoms with Gasteiger partial charge in [0.05, 0.1) is 10.6 Å². The normalized spacial score (nSPS) is 15.8. The van der Waals surface area contributed by atoms with Crippen molar-refractivity contribution in [2.24, 2.45) is 0 Å². The number of anilines is 2. The first-order valence-corrected chi connectivity index (χ1v) is 13.2. The average molecular weight is 503 g/mol. The van der Waals surface area contributed by atoms with Gasteiger partial charge in [-0.2, -0.15) is 4.31 Å². The Morgan fingerprint density at radius 1 is 1.09 bits per heavy atom. The number of amides is 2. The van der Waals surface area contributed by atoms with Gasteiger partial charge in [0.2, 0.25) is 10.0 Å². The van der Waals surface area contributed by atoms with Crippen molar-refractivity contribution in [2.75, 3.05) is 50.5 Å². The number of hydrogen-bond acceptors (Lipinski definition) is 6. The Kier molecular flexibility index (Phi) is 8.52. The number of nitrogens with one attached hydrogen (secondary N) is 1. The van der Waals surface area contributed by atoms with Crippen molar-refractivity contribution in [1.82, 2.24) is 9.21 Å². The van der Waals surface area contributed by atoms with Crippen LogP contribution in [0.15, 0.2) is 47.4 Å². The molecule has 10 heteroatoms. The smallest absolute Gasteiger partial charge is 0.267 e. The summed E-state index contributed by atoms with van der Waals surface area (Å²) in [4.78, 5) is 29.5. The second-order valence-electron chi connectivity index (χ2n) is 8.66. The van der Waals surface area contributed by atoms with Gasteiger partial charge in [-0.1, -0.05) is 13.8 Å². The van der Waals surface area contributed by atoms with Crippen molar-refractivity contribution in [3.63, 3.8) is 0 Å². The number of benzene rings is 2. The highest BCUT2D eigenvalue weighted by molar-refractivity contribution is 7.89. The molecule has 0 saturated heterocycles. The molecule has 0 bridgehead atoms. The first kappa shape index (κ1) is 26.7. The van der Waals surface area contributed by atoms with Crippen LogP contribution >= 0.6 is 0 Å². The van der Waals surface area contributed by atoms with Crippen LogP contribution in [0.5, 0.6) is 5.75 Å². The van der Waals surface area contributed by atoms with E-state index in [-0.39, 0.29) is 16.7 Å². The summed E-state index contributed by atoms with van der Waals surface area (Å²) in [6.07, 6.45) is 0.220. The number of carbonyl (C=O) groups is 2. The molecule has 1 N–H and O–H groups in total. The van der Waals surface area contributed by atoms with Crippen LogP contribution in [0, 0.1) is 0 Å². The molecule has 0 radical (unpaired) electrons. The fourth-order valence-electron chi connectivity index (χ4n) is 3.95. The Hall–Kier alpha value is -2.95. The third-order valence-corrected chi connectivity index (χ3v) is 7.94. The highest BCUT2D eigenvalue weighted by atomic mass is 32.2. The zero-order valence-electron chi connectivity index (χ0n) is 20.9. The van der Waals surface area contributed by atoms with E-state index in [0.29, 0.717) is 42.3 Å². The van der Waals surface area contributed by atoms with E-state index >= 15 is 0 Å². The number of ether oxygens (including phenoxy) is 1. The van der Waals surface area contributed by atoms with E-state index in [4.69, 9.17) is 4.74 Å². The van der Waals surface area contributed by atoms with Gasteiger partial charge in [0, 0.05) is 30.9 Å². The number of carbonyl (C=O) groups excluding carboxylic acids is 2. The molecule has 1 atom stereocenters. The first-order valence-electron chi connectivity index (χ1n) is 11.8. The molecule has 0 aliphatic carbocycles. The quantitative estimate of drug-likeness (QED) is 0.536. The molecule has 1 unspecified atom stereocenters. The van der Waals surface area contributed by atoms with Crippen molar-refractivity contribution < 1.29 is 22.7 Å². The Balaban J connectivity index is 1.78. The SMILES string of the molecule is CCN(CC)S(=O)(=O)c1ccc(C(=O)Nc2ccc3c(c2)N(CCCN(C)C)C(=O)C(C)O3)cc1. The van der Waals surface area contributed by atoms with Crippen LogP contribution < -0.4 is 15.0 Å². The summed E-state index contributed by atoms with van der Waals surface area (Å²) in [5.41, 5.74) is 1.45. The maximum Gasteiger partial charge on any atom is 0.267 e. The summed E-state index contributed by atoms with van der Waals surface area (Å²) in [5.74, 6) is 0.0861. The fourth-order valence-corrected chi connectivity index (χ4v) is 5.41. The van der Waals surface area contributed by atoms with Crippen molar-refractivity contribution in [3.8, 4) is 5.75 Å². The molecule has 190 valence electrons. The minimum atomic E-state index is -3.59. The van der Waals surface area contributed by atoms with Gasteiger partial charge in [-0.3, -0.25) is 9.59 Å². The summed E-state index contributed by atoms with van der Waals surface area (Å²) in [7, 11) is 0.371. The zero-order valence-corrected chi connectivity index (χ0v) is 21.8. The summed E-state index contributed by atoms with van der Waals surface area (Å²) < 4.78 is 32.5. The zero-order chi connectivity index (χ0) is 25.8. The minimum Gasteiger partial charge on any atom is -0.479 e. The van der Waals surface area contributed by atoms with Crippen LogP contribution in [0.1, 0.15) is 37.6 Å². The Morgan fingerprint density at radius 2 is 1.74 bits per heavy atom. The van der Waals surface area contributed by atoms with Gasteiger partial charge in [-0.15, -0.1) is 0 Å². The molecule has 0 fully saturated rings. The lowest BCUT2D eigenvalue weighted by atomic mass is 10.1. The lowest BCUT2D eigenvalue weighted by molar-refractivity contribution is -0.125. The summed E-state index contributed by atoms with van der Waals surface area (Å²) in [6, 6.07) is 11.1. The van der Waals surface area contributed by atoms with Gasteiger partial charge in [0.15, 0.2) is 6.10 Å². The largest absolute Gasteiger partial charge is 0.479 e. The third kappa shape index (κ3) is 6.01. The van der Waals surface area contributed by atoms with Crippen LogP contribution in [-0.4, -0.2) is 75.8 Å². The Morgan fingerprint density at radius 3 is 2.34 bits per heavy atom. The van der Waals surface area contributed by atoms with Crippen LogP contribution in [0.2, 0.25) is 0 Å². The maximum atomic E-state index is 12.8. The summed E-state index contributed by atoms with van der Waals surface area (Å²) in [5, 5.41) is 2.83. The van der Waals surface area contributed by atoms with Gasteiger partial charge >= 0.3 is 0 Å². The first-order chi connectivity index (χ1) is 16.6. The second-order valence-corrected chi connectivity index (χ2v) is 10.6. The van der Waals surface area contributed by atoms with Crippen LogP contribution in [0.25, 0.3) is 0 Å². The van der Waals surface area contributed by atoms with Crippen molar-refractivity contribution in [1.29, 1.82) is 0 Å². The predicted molar refractivity (Wildman–Crippen MR) is 137 cm³/mol. The number of nitrogens with zero attached hydrogens (tertiary/aromatic N) is 3. The van der Waals surface area contributed by atoms with Crippen LogP contribution in [0.3, 0.4) is 0 Å². The molecule has 1 aliphatic rings. The summed E-state index contributed by atoms with van der Waals surface area (Å²) in [6.45, 7) is 7.41. The number of hydrogen-bond donors (Lipinski definition) is 1. The topological polar surface area (TPSA) is 99.3 Å². The number of rotatable bonds is 10. The minimum absolute atomic E-state index is 0.121. The van der Waals surface area contributed by atoms with Gasteiger partial charge < -0.3 is 19.9 Å². The Labute approximate surface area is 207 Å². The fraction of sp³-hybridized carbons (Fsp3) is 0.440. The molecule has 1 aliphatic heterocycles. The third-order valence-electron chi connectivity index (χ3n) is 5.87. The summed E-state index contributed by atoms with van der Waals surface area (Å²) >= 11 is 0. The standard InChI is InChI=1S/C25H34N4O5S/c1-6-28(7-2)35(32,33)21-12-9-19(10-13-21)24(30)26-20-11-14-23-22(17-20)29(16-8-15-27(4)5)25(31)18(3)34-23/h9-14,17-18H,6-8,15-16H2,1-5H3,(H,26,30). The van der Waals surface area contributed by atoms with E-state index in [1.54, 1.807) is 43.9 Å². The lowest BCUT2D eigenvalue weighted by Gasteiger charge is -2.33. The van der Waals surface area contributed by atoms with Gasteiger partial charge in [-0.25, -0.2) is 8.42 Å². The molecule has 2 aromatic carbocycles. The van der Waals surface area contributed by atoms with Crippen molar-refractivity contribution >= 4 is 33.2 Å². The van der Waals surface area contributed by atoms with E-state index in [2.05, 4.69) is 10.2 Å². The molecule has 0 saturated carbocycles. The van der Waals surface area contributed by atoms with Gasteiger partial charge in [-0.05, 0) is 76.4 Å². The predicted octanol–water partition coefficient (Wildman–Crippen LogP) is 3.04. The van der Waals surface area contributed by atoms with Crippen molar-refractivity contribution in [2.45, 2.75) is 38.2 Å². The molecule has 35 heavy (non-hydrogen) atoms.